The highest BCUT2D eigenvalue weighted by Crippen LogP contribution is 2.42. The first-order chi connectivity index (χ1) is 21.8. The van der Waals surface area contributed by atoms with Crippen LogP contribution >= 0.6 is 0 Å². The minimum absolute atomic E-state index is 0.0272. The Hall–Kier alpha value is -4.24. The van der Waals surface area contributed by atoms with E-state index < -0.39 is 6.85 Å². The van der Waals surface area contributed by atoms with Crippen molar-refractivity contribution in [3.8, 4) is 33.5 Å². The predicted molar refractivity (Wildman–Crippen MR) is 186 cm³/mol. The van der Waals surface area contributed by atoms with E-state index in [0.717, 1.165) is 33.3 Å². The molecule has 2 aromatic heterocycles. The fourth-order valence-corrected chi connectivity index (χ4v) is 5.75. The number of benzene rings is 4. The van der Waals surface area contributed by atoms with Crippen LogP contribution in [0.15, 0.2) is 89.6 Å². The summed E-state index contributed by atoms with van der Waals surface area (Å²) in [4.78, 5) is 9.09. The van der Waals surface area contributed by atoms with Crippen LogP contribution in [0.1, 0.15) is 88.8 Å². The Bertz CT molecular complexity index is 2080. The predicted octanol–water partition coefficient (Wildman–Crippen LogP) is 11.6. The van der Waals surface area contributed by atoms with Crippen LogP contribution in [0.5, 0.6) is 0 Å². The molecule has 3 heteroatoms. The molecule has 0 aliphatic carbocycles. The van der Waals surface area contributed by atoms with E-state index in [1.807, 2.05) is 30.3 Å². The normalized spacial score (nSPS) is 14.1. The number of hydrogen-bond acceptors (Lipinski definition) is 3. The summed E-state index contributed by atoms with van der Waals surface area (Å²) in [5, 5.41) is 1.37. The molecule has 0 spiro atoms. The lowest BCUT2D eigenvalue weighted by Crippen LogP contribution is -2.16. The summed E-state index contributed by atoms with van der Waals surface area (Å²) in [6.45, 7) is 17.5. The van der Waals surface area contributed by atoms with Gasteiger partial charge >= 0.3 is 0 Å². The molecular weight excluding hydrogens is 536 g/mol. The fourth-order valence-electron chi connectivity index (χ4n) is 5.75. The van der Waals surface area contributed by atoms with E-state index in [1.54, 1.807) is 12.4 Å². The Morgan fingerprint density at radius 1 is 0.591 bits per heavy atom. The minimum atomic E-state index is -2.32. The van der Waals surface area contributed by atoms with Crippen LogP contribution in [0.2, 0.25) is 0 Å². The monoisotopic (exact) mass is 583 g/mol. The molecule has 0 N–H and O–H groups in total. The summed E-state index contributed by atoms with van der Waals surface area (Å²) in [5.41, 5.74) is 10.5. The maximum absolute atomic E-state index is 8.36. The molecule has 0 radical (unpaired) electrons. The number of aromatic nitrogens is 2. The highest BCUT2D eigenvalue weighted by atomic mass is 16.3. The van der Waals surface area contributed by atoms with E-state index in [9.17, 15) is 0 Å². The van der Waals surface area contributed by atoms with Gasteiger partial charge in [-0.1, -0.05) is 129 Å². The van der Waals surface area contributed by atoms with E-state index in [-0.39, 0.29) is 21.8 Å². The van der Waals surface area contributed by atoms with Gasteiger partial charge in [-0.2, -0.15) is 0 Å². The third-order valence-corrected chi connectivity index (χ3v) is 8.55. The highest BCUT2D eigenvalue weighted by molar-refractivity contribution is 6.14. The zero-order chi connectivity index (χ0) is 34.1. The molecule has 2 heterocycles. The Balaban J connectivity index is 1.52. The standard InChI is InChI=1S/C41H44N2O/c1-25-14-19-32(34-23-35(41(8,9)10)43-24-42-34)38-36(25)33-13-11-12-31(37(33)44-38)27-17-15-26(16-18-27)28-20-29(39(2,3)4)22-30(21-28)40(5,6)7/h11-24H,1-10H3/i1D3. The van der Waals surface area contributed by atoms with Gasteiger partial charge in [0.2, 0.25) is 0 Å². The molecule has 0 saturated heterocycles. The first-order valence-corrected chi connectivity index (χ1v) is 15.4. The van der Waals surface area contributed by atoms with Crippen LogP contribution in [0, 0.1) is 6.85 Å². The highest BCUT2D eigenvalue weighted by Gasteiger charge is 2.23. The molecule has 0 bridgehead atoms. The molecule has 0 aliphatic heterocycles. The van der Waals surface area contributed by atoms with Crippen molar-refractivity contribution in [1.29, 1.82) is 0 Å². The molecular formula is C41H44N2O. The average Bonchev–Trinajstić information content (AvgIpc) is 3.38. The number of rotatable bonds is 3. The summed E-state index contributed by atoms with van der Waals surface area (Å²) < 4.78 is 31.8. The topological polar surface area (TPSA) is 38.9 Å². The largest absolute Gasteiger partial charge is 0.455 e. The first-order valence-electron chi connectivity index (χ1n) is 16.9. The minimum Gasteiger partial charge on any atom is -0.455 e. The summed E-state index contributed by atoms with van der Waals surface area (Å²) in [6, 6.07) is 27.0. The van der Waals surface area contributed by atoms with Gasteiger partial charge in [-0.3, -0.25) is 0 Å². The number of nitrogens with zero attached hydrogens (tertiary/aromatic N) is 2. The Labute approximate surface area is 266 Å². The number of hydrogen-bond donors (Lipinski definition) is 0. The lowest BCUT2D eigenvalue weighted by molar-refractivity contribution is 0.567. The smallest absolute Gasteiger partial charge is 0.145 e. The molecule has 224 valence electrons. The second-order valence-corrected chi connectivity index (χ2v) is 15.1. The number of furan rings is 1. The van der Waals surface area contributed by atoms with E-state index in [1.165, 1.54) is 16.7 Å². The third-order valence-electron chi connectivity index (χ3n) is 8.55. The molecule has 0 saturated carbocycles. The summed E-state index contributed by atoms with van der Waals surface area (Å²) >= 11 is 0. The van der Waals surface area contributed by atoms with Crippen molar-refractivity contribution in [2.75, 3.05) is 0 Å². The molecule has 0 fully saturated rings. The third kappa shape index (κ3) is 5.45. The maximum Gasteiger partial charge on any atom is 0.145 e. The lowest BCUT2D eigenvalue weighted by atomic mass is 9.79. The Morgan fingerprint density at radius 3 is 1.86 bits per heavy atom. The molecule has 0 unspecified atom stereocenters. The molecule has 6 rings (SSSR count). The number of aryl methyl sites for hydroxylation is 1. The molecule has 6 aromatic rings. The Morgan fingerprint density at radius 2 is 1.25 bits per heavy atom. The van der Waals surface area contributed by atoms with Crippen molar-refractivity contribution in [2.24, 2.45) is 0 Å². The van der Waals surface area contributed by atoms with E-state index in [2.05, 4.69) is 115 Å². The van der Waals surface area contributed by atoms with Crippen molar-refractivity contribution >= 4 is 21.9 Å². The van der Waals surface area contributed by atoms with Crippen LogP contribution in [-0.2, 0) is 16.2 Å². The zero-order valence-corrected chi connectivity index (χ0v) is 27.4. The molecule has 44 heavy (non-hydrogen) atoms. The van der Waals surface area contributed by atoms with Crippen molar-refractivity contribution in [2.45, 2.75) is 85.4 Å². The average molecular weight is 584 g/mol. The Kier molecular flexibility index (Phi) is 6.21. The van der Waals surface area contributed by atoms with Gasteiger partial charge in [0.15, 0.2) is 0 Å². The van der Waals surface area contributed by atoms with Crippen LogP contribution in [0.25, 0.3) is 55.4 Å². The van der Waals surface area contributed by atoms with Gasteiger partial charge in [-0.25, -0.2) is 9.97 Å². The first kappa shape index (κ1) is 26.2. The fraction of sp³-hybridized carbons (Fsp3) is 0.317. The van der Waals surface area contributed by atoms with Gasteiger partial charge in [0.1, 0.15) is 17.5 Å². The molecule has 0 aliphatic rings. The van der Waals surface area contributed by atoms with Crippen molar-refractivity contribution < 1.29 is 8.53 Å². The molecule has 3 nitrogen and oxygen atoms in total. The van der Waals surface area contributed by atoms with E-state index in [4.69, 9.17) is 8.53 Å². The molecule has 0 amide bonds. The van der Waals surface area contributed by atoms with E-state index >= 15 is 0 Å². The van der Waals surface area contributed by atoms with Crippen LogP contribution in [-0.4, -0.2) is 9.97 Å². The zero-order valence-electron chi connectivity index (χ0n) is 30.4. The van der Waals surface area contributed by atoms with Crippen molar-refractivity contribution in [3.63, 3.8) is 0 Å². The van der Waals surface area contributed by atoms with Gasteiger partial charge < -0.3 is 4.42 Å². The number of para-hydroxylation sites is 1. The lowest BCUT2D eigenvalue weighted by Gasteiger charge is -2.26. The van der Waals surface area contributed by atoms with Crippen LogP contribution < -0.4 is 0 Å². The van der Waals surface area contributed by atoms with Gasteiger partial charge in [0.25, 0.3) is 0 Å². The second-order valence-electron chi connectivity index (χ2n) is 15.1. The van der Waals surface area contributed by atoms with Gasteiger partial charge in [-0.15, -0.1) is 0 Å². The molecule has 0 atom stereocenters. The summed E-state index contributed by atoms with van der Waals surface area (Å²) in [5.74, 6) is 0. The van der Waals surface area contributed by atoms with Gasteiger partial charge in [-0.05, 0) is 63.2 Å². The SMILES string of the molecule is [2H]C([2H])([2H])c1ccc(-c2cc(C(C)(C)C)ncn2)c2oc3c(-c4ccc(-c5cc(C(C)(C)C)cc(C(C)(C)C)c5)cc4)cccc3c12. The maximum atomic E-state index is 8.36. The van der Waals surface area contributed by atoms with Gasteiger partial charge in [0.05, 0.1) is 5.69 Å². The van der Waals surface area contributed by atoms with Crippen LogP contribution in [0.3, 0.4) is 0 Å². The van der Waals surface area contributed by atoms with Gasteiger partial charge in [0, 0.05) is 37.1 Å². The summed E-state index contributed by atoms with van der Waals surface area (Å²) in [7, 11) is 0. The molecule has 4 aromatic carbocycles. The number of fused-ring (bicyclic) bond motifs is 3. The second kappa shape index (κ2) is 10.4. The van der Waals surface area contributed by atoms with Crippen LogP contribution in [0.4, 0.5) is 0 Å². The summed E-state index contributed by atoms with van der Waals surface area (Å²) in [6.07, 6.45) is 1.57. The van der Waals surface area contributed by atoms with Crippen molar-refractivity contribution in [3.05, 3.63) is 108 Å². The quantitative estimate of drug-likeness (QED) is 0.208. The van der Waals surface area contributed by atoms with E-state index in [0.29, 0.717) is 22.2 Å². The van der Waals surface area contributed by atoms with Crippen molar-refractivity contribution in [1.82, 2.24) is 9.97 Å².